The van der Waals surface area contributed by atoms with Gasteiger partial charge in [0.05, 0.1) is 17.9 Å². The van der Waals surface area contributed by atoms with Crippen molar-refractivity contribution < 1.29 is 14.3 Å². The summed E-state index contributed by atoms with van der Waals surface area (Å²) in [6.45, 7) is 2.37. The fourth-order valence-electron chi connectivity index (χ4n) is 3.54. The number of hydrogen-bond acceptors (Lipinski definition) is 5. The van der Waals surface area contributed by atoms with Crippen molar-refractivity contribution in [3.63, 3.8) is 0 Å². The van der Waals surface area contributed by atoms with E-state index in [4.69, 9.17) is 17.0 Å². The Morgan fingerprint density at radius 2 is 1.41 bits per heavy atom. The van der Waals surface area contributed by atoms with Crippen LogP contribution in [0.2, 0.25) is 0 Å². The van der Waals surface area contributed by atoms with Crippen molar-refractivity contribution in [2.75, 3.05) is 22.6 Å². The molecular formula is C29H26N4O3S. The summed E-state index contributed by atoms with van der Waals surface area (Å²) in [7, 11) is 0. The summed E-state index contributed by atoms with van der Waals surface area (Å²) in [4.78, 5) is 25.6. The van der Waals surface area contributed by atoms with E-state index in [0.717, 1.165) is 11.4 Å². The fourth-order valence-corrected chi connectivity index (χ4v) is 3.74. The summed E-state index contributed by atoms with van der Waals surface area (Å²) in [6.07, 6.45) is 0. The van der Waals surface area contributed by atoms with Crippen molar-refractivity contribution >= 4 is 51.9 Å². The van der Waals surface area contributed by atoms with Gasteiger partial charge in [-0.15, -0.1) is 0 Å². The molecule has 37 heavy (non-hydrogen) atoms. The van der Waals surface area contributed by atoms with Crippen LogP contribution >= 0.6 is 12.2 Å². The van der Waals surface area contributed by atoms with Gasteiger partial charge in [-0.2, -0.15) is 0 Å². The van der Waals surface area contributed by atoms with Gasteiger partial charge >= 0.3 is 0 Å². The molecule has 8 heteroatoms. The van der Waals surface area contributed by atoms with Crippen molar-refractivity contribution in [2.24, 2.45) is 0 Å². The Labute approximate surface area is 220 Å². The van der Waals surface area contributed by atoms with E-state index in [1.165, 1.54) is 0 Å². The zero-order chi connectivity index (χ0) is 26.0. The quantitative estimate of drug-likeness (QED) is 0.211. The number of amides is 2. The fraction of sp³-hybridized carbons (Fsp3) is 0.0690. The minimum absolute atomic E-state index is 0.0726. The second-order valence-corrected chi connectivity index (χ2v) is 8.35. The van der Waals surface area contributed by atoms with Crippen LogP contribution in [0.5, 0.6) is 5.75 Å². The lowest BCUT2D eigenvalue weighted by Gasteiger charge is -2.14. The molecule has 4 aromatic rings. The molecule has 0 aromatic heterocycles. The molecule has 0 aliphatic rings. The average Bonchev–Trinajstić information content (AvgIpc) is 2.91. The van der Waals surface area contributed by atoms with E-state index in [1.54, 1.807) is 48.5 Å². The molecule has 4 N–H and O–H groups in total. The van der Waals surface area contributed by atoms with Gasteiger partial charge in [-0.05, 0) is 85.9 Å². The van der Waals surface area contributed by atoms with Gasteiger partial charge in [0.25, 0.3) is 11.8 Å². The summed E-state index contributed by atoms with van der Waals surface area (Å²) in [5.74, 6) is -0.101. The van der Waals surface area contributed by atoms with Gasteiger partial charge in [-0.1, -0.05) is 36.4 Å². The third-order valence-electron chi connectivity index (χ3n) is 5.26. The lowest BCUT2D eigenvalue weighted by molar-refractivity contribution is 0.0976. The number of carbonyl (C=O) groups excluding carboxylic acids is 2. The molecule has 0 aliphatic heterocycles. The van der Waals surface area contributed by atoms with Gasteiger partial charge in [-0.25, -0.2) is 0 Å². The number of para-hydroxylation sites is 2. The zero-order valence-corrected chi connectivity index (χ0v) is 21.0. The first-order valence-corrected chi connectivity index (χ1v) is 12.1. The minimum atomic E-state index is -0.384. The predicted molar refractivity (Wildman–Crippen MR) is 152 cm³/mol. The van der Waals surface area contributed by atoms with Crippen molar-refractivity contribution in [2.45, 2.75) is 6.92 Å². The number of nitrogens with one attached hydrogen (secondary N) is 4. The molecule has 0 aliphatic carbocycles. The van der Waals surface area contributed by atoms with E-state index in [2.05, 4.69) is 21.3 Å². The van der Waals surface area contributed by atoms with E-state index in [-0.39, 0.29) is 16.9 Å². The molecule has 7 nitrogen and oxygen atoms in total. The standard InChI is InChI=1S/C29H26N4O3S/c1-2-36-24-12-8-9-20(19-24)27(34)33-29(37)32-26-14-7-6-13-25(26)28(35)31-23-17-15-22(16-18-23)30-21-10-4-3-5-11-21/h3-19,30H,2H2,1H3,(H,31,35)(H2,32,33,34,37). The summed E-state index contributed by atoms with van der Waals surface area (Å²) in [5.41, 5.74) is 3.78. The molecule has 0 atom stereocenters. The van der Waals surface area contributed by atoms with Gasteiger partial charge in [-0.3, -0.25) is 14.9 Å². The number of carbonyl (C=O) groups is 2. The molecule has 0 unspecified atom stereocenters. The summed E-state index contributed by atoms with van der Waals surface area (Å²) in [5, 5.41) is 11.9. The highest BCUT2D eigenvalue weighted by Gasteiger charge is 2.14. The second kappa shape index (κ2) is 12.3. The van der Waals surface area contributed by atoms with Crippen LogP contribution in [0.4, 0.5) is 22.7 Å². The maximum atomic E-state index is 13.0. The van der Waals surface area contributed by atoms with E-state index in [0.29, 0.717) is 34.9 Å². The molecule has 0 radical (unpaired) electrons. The van der Waals surface area contributed by atoms with Crippen molar-refractivity contribution in [3.8, 4) is 5.75 Å². The maximum absolute atomic E-state index is 13.0. The third kappa shape index (κ3) is 7.16. The highest BCUT2D eigenvalue weighted by atomic mass is 32.1. The molecule has 2 amide bonds. The Morgan fingerprint density at radius 3 is 2.16 bits per heavy atom. The second-order valence-electron chi connectivity index (χ2n) is 7.94. The van der Waals surface area contributed by atoms with E-state index in [1.807, 2.05) is 61.5 Å². The molecule has 4 aromatic carbocycles. The van der Waals surface area contributed by atoms with Crippen LogP contribution in [-0.2, 0) is 0 Å². The molecule has 0 saturated carbocycles. The lowest BCUT2D eigenvalue weighted by atomic mass is 10.1. The number of ether oxygens (including phenoxy) is 1. The lowest BCUT2D eigenvalue weighted by Crippen LogP contribution is -2.34. The number of hydrogen-bond donors (Lipinski definition) is 4. The molecule has 186 valence electrons. The van der Waals surface area contributed by atoms with Crippen LogP contribution in [0.3, 0.4) is 0 Å². The van der Waals surface area contributed by atoms with E-state index < -0.39 is 0 Å². The van der Waals surface area contributed by atoms with Crippen LogP contribution in [0.25, 0.3) is 0 Å². The number of anilines is 4. The number of thiocarbonyl (C=S) groups is 1. The number of rotatable bonds is 8. The summed E-state index contributed by atoms with van der Waals surface area (Å²) < 4.78 is 5.44. The Morgan fingerprint density at radius 1 is 0.730 bits per heavy atom. The van der Waals surface area contributed by atoms with Crippen LogP contribution in [-0.4, -0.2) is 23.5 Å². The molecule has 0 bridgehead atoms. The maximum Gasteiger partial charge on any atom is 0.257 e. The first-order chi connectivity index (χ1) is 18.0. The first kappa shape index (κ1) is 25.4. The van der Waals surface area contributed by atoms with E-state index in [9.17, 15) is 9.59 Å². The Hall–Kier alpha value is -4.69. The predicted octanol–water partition coefficient (Wildman–Crippen LogP) is 6.21. The molecule has 4 rings (SSSR count). The highest BCUT2D eigenvalue weighted by Crippen LogP contribution is 2.21. The summed E-state index contributed by atoms with van der Waals surface area (Å²) in [6, 6.07) is 31.0. The zero-order valence-electron chi connectivity index (χ0n) is 20.2. The largest absolute Gasteiger partial charge is 0.494 e. The van der Waals surface area contributed by atoms with Gasteiger partial charge in [0.15, 0.2) is 5.11 Å². The van der Waals surface area contributed by atoms with E-state index >= 15 is 0 Å². The smallest absolute Gasteiger partial charge is 0.257 e. The van der Waals surface area contributed by atoms with Gasteiger partial charge in [0.1, 0.15) is 5.75 Å². The number of benzene rings is 4. The van der Waals surface area contributed by atoms with Crippen LogP contribution in [0, 0.1) is 0 Å². The molecule has 0 fully saturated rings. The van der Waals surface area contributed by atoms with Crippen molar-refractivity contribution in [1.82, 2.24) is 5.32 Å². The van der Waals surface area contributed by atoms with Crippen molar-refractivity contribution in [1.29, 1.82) is 0 Å². The van der Waals surface area contributed by atoms with Gasteiger partial charge < -0.3 is 20.7 Å². The first-order valence-electron chi connectivity index (χ1n) is 11.7. The normalized spacial score (nSPS) is 10.2. The monoisotopic (exact) mass is 510 g/mol. The van der Waals surface area contributed by atoms with Crippen LogP contribution < -0.4 is 26.0 Å². The Kier molecular flexibility index (Phi) is 8.46. The highest BCUT2D eigenvalue weighted by molar-refractivity contribution is 7.80. The third-order valence-corrected chi connectivity index (χ3v) is 5.46. The molecular weight excluding hydrogens is 484 g/mol. The Balaban J connectivity index is 1.38. The molecule has 0 saturated heterocycles. The average molecular weight is 511 g/mol. The topological polar surface area (TPSA) is 91.5 Å². The van der Waals surface area contributed by atoms with Gasteiger partial charge in [0.2, 0.25) is 0 Å². The molecule has 0 heterocycles. The van der Waals surface area contributed by atoms with Gasteiger partial charge in [0, 0.05) is 22.6 Å². The van der Waals surface area contributed by atoms with Crippen molar-refractivity contribution in [3.05, 3.63) is 114 Å². The molecule has 0 spiro atoms. The van der Waals surface area contributed by atoms with Crippen LogP contribution in [0.15, 0.2) is 103 Å². The van der Waals surface area contributed by atoms with Crippen LogP contribution in [0.1, 0.15) is 27.6 Å². The Bertz CT molecular complexity index is 1390. The SMILES string of the molecule is CCOc1cccc(C(=O)NC(=S)Nc2ccccc2C(=O)Nc2ccc(Nc3ccccc3)cc2)c1. The minimum Gasteiger partial charge on any atom is -0.494 e. The summed E-state index contributed by atoms with van der Waals surface area (Å²) >= 11 is 5.33.